The number of nitrogens with zero attached hydrogens (tertiary/aromatic N) is 1. The molecule has 1 aromatic rings. The second-order valence-electron chi connectivity index (χ2n) is 4.23. The van der Waals surface area contributed by atoms with Crippen molar-refractivity contribution < 1.29 is 4.39 Å². The molecule has 0 saturated heterocycles. The predicted molar refractivity (Wildman–Crippen MR) is 71.7 cm³/mol. The summed E-state index contributed by atoms with van der Waals surface area (Å²) < 4.78 is 13.2. The van der Waals surface area contributed by atoms with Crippen molar-refractivity contribution in [2.24, 2.45) is 5.73 Å². The molecule has 1 aromatic carbocycles. The fourth-order valence-corrected chi connectivity index (χ4v) is 1.91. The minimum Gasteiger partial charge on any atom is -0.368 e. The largest absolute Gasteiger partial charge is 0.368 e. The molecular formula is C14H21FN2. The highest BCUT2D eigenvalue weighted by Gasteiger charge is 2.13. The van der Waals surface area contributed by atoms with E-state index in [-0.39, 0.29) is 11.9 Å². The van der Waals surface area contributed by atoms with E-state index in [1.807, 2.05) is 13.0 Å². The SMILES string of the molecule is C=CCN(CCC)c1ccc(F)cc1[C@H](C)N. The third-order valence-electron chi connectivity index (χ3n) is 2.66. The summed E-state index contributed by atoms with van der Waals surface area (Å²) in [6.45, 7) is 9.40. The molecule has 2 N–H and O–H groups in total. The van der Waals surface area contributed by atoms with Crippen molar-refractivity contribution in [2.45, 2.75) is 26.3 Å². The van der Waals surface area contributed by atoms with Crippen molar-refractivity contribution in [1.82, 2.24) is 0 Å². The zero-order valence-corrected chi connectivity index (χ0v) is 10.6. The normalized spacial score (nSPS) is 12.2. The molecule has 0 aromatic heterocycles. The number of rotatable bonds is 6. The smallest absolute Gasteiger partial charge is 0.123 e. The number of nitrogens with two attached hydrogens (primary N) is 1. The second-order valence-corrected chi connectivity index (χ2v) is 4.23. The number of hydrogen-bond donors (Lipinski definition) is 1. The summed E-state index contributed by atoms with van der Waals surface area (Å²) in [5, 5.41) is 0. The molecule has 0 saturated carbocycles. The zero-order valence-electron chi connectivity index (χ0n) is 10.6. The maximum atomic E-state index is 13.2. The first-order valence-electron chi connectivity index (χ1n) is 6.01. The van der Waals surface area contributed by atoms with Crippen molar-refractivity contribution in [2.75, 3.05) is 18.0 Å². The molecule has 1 atom stereocenters. The van der Waals surface area contributed by atoms with Crippen LogP contribution in [0.5, 0.6) is 0 Å². The van der Waals surface area contributed by atoms with Crippen molar-refractivity contribution >= 4 is 5.69 Å². The molecule has 0 aliphatic rings. The molecule has 0 bridgehead atoms. The maximum Gasteiger partial charge on any atom is 0.123 e. The van der Waals surface area contributed by atoms with Crippen LogP contribution in [0.25, 0.3) is 0 Å². The van der Waals surface area contributed by atoms with Crippen LogP contribution in [0.15, 0.2) is 30.9 Å². The predicted octanol–water partition coefficient (Wildman–Crippen LogP) is 3.25. The van der Waals surface area contributed by atoms with E-state index in [0.29, 0.717) is 0 Å². The molecule has 3 heteroatoms. The molecule has 0 fully saturated rings. The van der Waals surface area contributed by atoms with Crippen molar-refractivity contribution in [3.8, 4) is 0 Å². The Kier molecular flexibility index (Phi) is 5.16. The molecule has 0 unspecified atom stereocenters. The molecule has 0 radical (unpaired) electrons. The van der Waals surface area contributed by atoms with Crippen LogP contribution in [-0.2, 0) is 0 Å². The van der Waals surface area contributed by atoms with E-state index in [9.17, 15) is 4.39 Å². The molecule has 2 nitrogen and oxygen atoms in total. The molecule has 94 valence electrons. The van der Waals surface area contributed by atoms with Gasteiger partial charge in [0.2, 0.25) is 0 Å². The van der Waals surface area contributed by atoms with Gasteiger partial charge in [-0.05, 0) is 37.1 Å². The van der Waals surface area contributed by atoms with E-state index in [0.717, 1.165) is 30.8 Å². The lowest BCUT2D eigenvalue weighted by atomic mass is 10.1. The highest BCUT2D eigenvalue weighted by molar-refractivity contribution is 5.55. The van der Waals surface area contributed by atoms with Gasteiger partial charge in [0.1, 0.15) is 5.82 Å². The molecule has 0 heterocycles. The minimum absolute atomic E-state index is 0.176. The van der Waals surface area contributed by atoms with Crippen LogP contribution < -0.4 is 10.6 Å². The maximum absolute atomic E-state index is 13.2. The third kappa shape index (κ3) is 3.56. The first-order valence-corrected chi connectivity index (χ1v) is 6.01. The standard InChI is InChI=1S/C14H21FN2/c1-4-8-17(9-5-2)14-7-6-12(15)10-13(14)11(3)16/h4,6-7,10-11H,1,5,8-9,16H2,2-3H3/t11-/m0/s1. The number of hydrogen-bond acceptors (Lipinski definition) is 2. The molecule has 0 aliphatic heterocycles. The van der Waals surface area contributed by atoms with Gasteiger partial charge in [-0.3, -0.25) is 0 Å². The minimum atomic E-state index is -0.240. The molecule has 0 aliphatic carbocycles. The summed E-state index contributed by atoms with van der Waals surface area (Å²) >= 11 is 0. The van der Waals surface area contributed by atoms with Gasteiger partial charge in [0.25, 0.3) is 0 Å². The Labute approximate surface area is 103 Å². The summed E-state index contributed by atoms with van der Waals surface area (Å²) in [6.07, 6.45) is 2.88. The van der Waals surface area contributed by atoms with Gasteiger partial charge in [0.15, 0.2) is 0 Å². The van der Waals surface area contributed by atoms with Gasteiger partial charge >= 0.3 is 0 Å². The van der Waals surface area contributed by atoms with E-state index < -0.39 is 0 Å². The fraction of sp³-hybridized carbons (Fsp3) is 0.429. The number of halogens is 1. The molecule has 17 heavy (non-hydrogen) atoms. The third-order valence-corrected chi connectivity index (χ3v) is 2.66. The summed E-state index contributed by atoms with van der Waals surface area (Å²) in [5.74, 6) is -0.240. The van der Waals surface area contributed by atoms with Gasteiger partial charge in [-0.15, -0.1) is 6.58 Å². The quantitative estimate of drug-likeness (QED) is 0.768. The zero-order chi connectivity index (χ0) is 12.8. The van der Waals surface area contributed by atoms with Crippen LogP contribution in [0, 0.1) is 5.82 Å². The van der Waals surface area contributed by atoms with Crippen molar-refractivity contribution in [1.29, 1.82) is 0 Å². The second kappa shape index (κ2) is 6.40. The van der Waals surface area contributed by atoms with Gasteiger partial charge < -0.3 is 10.6 Å². The van der Waals surface area contributed by atoms with Crippen molar-refractivity contribution in [3.05, 3.63) is 42.2 Å². The molecule has 1 rings (SSSR count). The lowest BCUT2D eigenvalue weighted by Gasteiger charge is -2.26. The van der Waals surface area contributed by atoms with Gasteiger partial charge in [0, 0.05) is 24.8 Å². The summed E-state index contributed by atoms with van der Waals surface area (Å²) in [4.78, 5) is 2.17. The Morgan fingerprint density at radius 3 is 2.76 bits per heavy atom. The monoisotopic (exact) mass is 236 g/mol. The van der Waals surface area contributed by atoms with Crippen LogP contribution in [-0.4, -0.2) is 13.1 Å². The fourth-order valence-electron chi connectivity index (χ4n) is 1.91. The van der Waals surface area contributed by atoms with Gasteiger partial charge in [-0.2, -0.15) is 0 Å². The Morgan fingerprint density at radius 2 is 2.24 bits per heavy atom. The van der Waals surface area contributed by atoms with E-state index >= 15 is 0 Å². The summed E-state index contributed by atoms with van der Waals surface area (Å²) in [5.41, 5.74) is 7.74. The highest BCUT2D eigenvalue weighted by atomic mass is 19.1. The van der Waals surface area contributed by atoms with Crippen LogP contribution in [0.4, 0.5) is 10.1 Å². The van der Waals surface area contributed by atoms with Gasteiger partial charge in [-0.1, -0.05) is 13.0 Å². The van der Waals surface area contributed by atoms with Crippen LogP contribution >= 0.6 is 0 Å². The molecule has 0 amide bonds. The van der Waals surface area contributed by atoms with Crippen molar-refractivity contribution in [3.63, 3.8) is 0 Å². The Balaban J connectivity index is 3.11. The lowest BCUT2D eigenvalue weighted by Crippen LogP contribution is -2.26. The van der Waals surface area contributed by atoms with E-state index in [2.05, 4.69) is 18.4 Å². The average Bonchev–Trinajstić information content (AvgIpc) is 2.28. The Morgan fingerprint density at radius 1 is 1.53 bits per heavy atom. The molecule has 0 spiro atoms. The average molecular weight is 236 g/mol. The number of anilines is 1. The highest BCUT2D eigenvalue weighted by Crippen LogP contribution is 2.26. The van der Waals surface area contributed by atoms with Gasteiger partial charge in [0.05, 0.1) is 0 Å². The van der Waals surface area contributed by atoms with Crippen LogP contribution in [0.2, 0.25) is 0 Å². The lowest BCUT2D eigenvalue weighted by molar-refractivity contribution is 0.621. The Bertz CT molecular complexity index is 374. The van der Waals surface area contributed by atoms with Crippen LogP contribution in [0.3, 0.4) is 0 Å². The topological polar surface area (TPSA) is 29.3 Å². The van der Waals surface area contributed by atoms with E-state index in [4.69, 9.17) is 5.73 Å². The number of benzene rings is 1. The Hall–Kier alpha value is -1.35. The van der Waals surface area contributed by atoms with Crippen LogP contribution in [0.1, 0.15) is 31.9 Å². The van der Waals surface area contributed by atoms with E-state index in [1.54, 1.807) is 6.07 Å². The van der Waals surface area contributed by atoms with Gasteiger partial charge in [-0.25, -0.2) is 4.39 Å². The first kappa shape index (κ1) is 13.7. The molecular weight excluding hydrogens is 215 g/mol. The first-order chi connectivity index (χ1) is 8.10. The summed E-state index contributed by atoms with van der Waals surface area (Å²) in [6, 6.07) is 4.62. The van der Waals surface area contributed by atoms with E-state index in [1.165, 1.54) is 12.1 Å². The summed E-state index contributed by atoms with van der Waals surface area (Å²) in [7, 11) is 0.